The van der Waals surface area contributed by atoms with Gasteiger partial charge in [0, 0.05) is 59.6 Å². The largest absolute Gasteiger partial charge is 0.481 e. The van der Waals surface area contributed by atoms with Gasteiger partial charge in [0.1, 0.15) is 42.6 Å². The van der Waals surface area contributed by atoms with Crippen LogP contribution in [0.2, 0.25) is 0 Å². The molecule has 2 saturated heterocycles. The molecule has 0 aliphatic carbocycles. The van der Waals surface area contributed by atoms with E-state index >= 15 is 0 Å². The van der Waals surface area contributed by atoms with Crippen molar-refractivity contribution in [2.75, 3.05) is 24.6 Å². The number of nitrogens with one attached hydrogen (secondary N) is 6. The molecule has 2 aliphatic heterocycles. The second-order valence-corrected chi connectivity index (χ2v) is 18.2. The minimum absolute atomic E-state index is 0.00857. The molecule has 22 heteroatoms. The summed E-state index contributed by atoms with van der Waals surface area (Å²) in [5.41, 5.74) is 8.44. The lowest BCUT2D eigenvalue weighted by molar-refractivity contribution is -0.671. The number of imidazole rings is 1. The number of aryl methyl sites for hydroxylation is 1. The minimum atomic E-state index is -1.66. The molecule has 0 saturated carbocycles. The van der Waals surface area contributed by atoms with E-state index in [9.17, 15) is 43.5 Å². The molecule has 7 amide bonds. The average molecular weight is 922 g/mol. The highest BCUT2D eigenvalue weighted by Crippen LogP contribution is 2.27. The normalized spacial score (nSPS) is 23.7. The molecule has 5 unspecified atom stereocenters. The van der Waals surface area contributed by atoms with Gasteiger partial charge in [-0.2, -0.15) is 0 Å². The van der Waals surface area contributed by atoms with Crippen molar-refractivity contribution in [1.82, 2.24) is 40.9 Å². The maximum atomic E-state index is 14.0. The predicted octanol–water partition coefficient (Wildman–Crippen LogP) is -0.115. The number of primary amides is 1. The quantitative estimate of drug-likeness (QED) is 0.0556. The summed E-state index contributed by atoms with van der Waals surface area (Å²) in [6.07, 6.45) is 7.57. The fourth-order valence-corrected chi connectivity index (χ4v) is 9.75. The third-order valence-electron chi connectivity index (χ3n) is 10.9. The van der Waals surface area contributed by atoms with Crippen LogP contribution in [0.1, 0.15) is 51.0 Å². The van der Waals surface area contributed by atoms with E-state index in [0.717, 1.165) is 22.1 Å². The summed E-state index contributed by atoms with van der Waals surface area (Å²) in [7, 11) is 2.46. The molecule has 6 atom stereocenters. The first-order valence-electron chi connectivity index (χ1n) is 20.9. The van der Waals surface area contributed by atoms with Gasteiger partial charge in [-0.15, -0.1) is 0 Å². The number of unbranched alkanes of at least 4 members (excludes halogenated alkanes) is 1. The van der Waals surface area contributed by atoms with Crippen molar-refractivity contribution in [1.29, 1.82) is 0 Å². The van der Waals surface area contributed by atoms with Crippen molar-refractivity contribution < 1.29 is 52.8 Å². The van der Waals surface area contributed by atoms with Crippen LogP contribution in [0.3, 0.4) is 0 Å². The maximum Gasteiger partial charge on any atom is 0.305 e. The second-order valence-electron chi connectivity index (χ2n) is 15.6. The van der Waals surface area contributed by atoms with Gasteiger partial charge in [0.05, 0.1) is 38.4 Å². The van der Waals surface area contributed by atoms with Gasteiger partial charge < -0.3 is 52.0 Å². The van der Waals surface area contributed by atoms with E-state index in [1.807, 2.05) is 71.7 Å². The van der Waals surface area contributed by atoms with Crippen molar-refractivity contribution in [3.8, 4) is 0 Å². The molecule has 342 valence electrons. The molecule has 9 N–H and O–H groups in total. The topological polar surface area (TPSA) is 280 Å². The van der Waals surface area contributed by atoms with E-state index in [-0.39, 0.29) is 43.9 Å². The SMILES string of the molecule is C[C@@H]1NC(=O)C(CC(=O)O)NC(=O)CNC(=O)C(CCCC[n+]2ccn3ccccc32)NC(=O)CCSSCC(C(N)=O)NC(=O)C2CC(OCc3c[nH]c4ccccc34)CN2C1=O. The number of pyridine rings is 1. The molecular weight excluding hydrogens is 869 g/mol. The molecule has 0 bridgehead atoms. The smallest absolute Gasteiger partial charge is 0.305 e. The number of nitrogens with zero attached hydrogens (tertiary/aromatic N) is 3. The summed E-state index contributed by atoms with van der Waals surface area (Å²) in [4.78, 5) is 110. The van der Waals surface area contributed by atoms with Crippen LogP contribution >= 0.6 is 21.6 Å². The molecular formula is C42H53N10O10S2+. The van der Waals surface area contributed by atoms with Gasteiger partial charge in [-0.1, -0.05) is 45.9 Å². The van der Waals surface area contributed by atoms with Gasteiger partial charge >= 0.3 is 5.97 Å². The number of nitrogens with two attached hydrogens (primary N) is 1. The van der Waals surface area contributed by atoms with Gasteiger partial charge in [-0.3, -0.25) is 38.4 Å². The number of carbonyl (C=O) groups excluding carboxylic acids is 7. The van der Waals surface area contributed by atoms with Crippen LogP contribution in [-0.2, 0) is 56.2 Å². The molecule has 2 aliphatic rings. The minimum Gasteiger partial charge on any atom is -0.481 e. The molecule has 4 aromatic rings. The van der Waals surface area contributed by atoms with Crippen LogP contribution in [0.15, 0.2) is 67.3 Å². The van der Waals surface area contributed by atoms with E-state index in [1.165, 1.54) is 33.4 Å². The molecule has 20 nitrogen and oxygen atoms in total. The number of hydrogen-bond donors (Lipinski definition) is 8. The zero-order chi connectivity index (χ0) is 45.8. The summed E-state index contributed by atoms with van der Waals surface area (Å²) in [5, 5.41) is 23.2. The number of rotatable bonds is 11. The highest BCUT2D eigenvalue weighted by Gasteiger charge is 2.43. The number of hydrogen-bond acceptors (Lipinski definition) is 11. The van der Waals surface area contributed by atoms with Crippen molar-refractivity contribution in [3.63, 3.8) is 0 Å². The zero-order valence-corrected chi connectivity index (χ0v) is 36.8. The number of aromatic amines is 1. The van der Waals surface area contributed by atoms with Gasteiger partial charge in [-0.25, -0.2) is 8.97 Å². The molecule has 0 spiro atoms. The third-order valence-corrected chi connectivity index (χ3v) is 13.3. The molecule has 3 aromatic heterocycles. The monoisotopic (exact) mass is 921 g/mol. The Morgan fingerprint density at radius 2 is 1.69 bits per heavy atom. The van der Waals surface area contributed by atoms with Crippen molar-refractivity contribution in [2.45, 2.75) is 94.9 Å². The Morgan fingerprint density at radius 3 is 2.48 bits per heavy atom. The van der Waals surface area contributed by atoms with Crippen LogP contribution in [0.5, 0.6) is 0 Å². The Labute approximate surface area is 375 Å². The lowest BCUT2D eigenvalue weighted by Gasteiger charge is -2.28. The summed E-state index contributed by atoms with van der Waals surface area (Å²) in [5.74, 6) is -6.33. The van der Waals surface area contributed by atoms with Crippen LogP contribution in [0, 0.1) is 0 Å². The predicted molar refractivity (Wildman–Crippen MR) is 236 cm³/mol. The zero-order valence-electron chi connectivity index (χ0n) is 35.2. The number of ether oxygens (including phenoxy) is 1. The van der Waals surface area contributed by atoms with E-state index in [4.69, 9.17) is 10.5 Å². The summed E-state index contributed by atoms with van der Waals surface area (Å²) in [6.45, 7) is 1.44. The number of carboxylic acid groups (broad SMARTS) is 1. The number of fused-ring (bicyclic) bond motifs is 3. The summed E-state index contributed by atoms with van der Waals surface area (Å²) < 4.78 is 10.3. The highest BCUT2D eigenvalue weighted by atomic mass is 33.1. The van der Waals surface area contributed by atoms with E-state index < -0.39 is 96.6 Å². The van der Waals surface area contributed by atoms with Crippen LogP contribution in [-0.4, -0.2) is 128 Å². The first-order chi connectivity index (χ1) is 30.8. The Morgan fingerprint density at radius 1 is 0.906 bits per heavy atom. The van der Waals surface area contributed by atoms with Crippen molar-refractivity contribution >= 4 is 85.5 Å². The Kier molecular flexibility index (Phi) is 16.6. The molecule has 6 rings (SSSR count). The van der Waals surface area contributed by atoms with Gasteiger partial charge in [-0.05, 0) is 38.3 Å². The number of aliphatic carboxylic acids is 1. The maximum absolute atomic E-state index is 14.0. The standard InChI is InChI=1S/C42H52N10O10S2/c1-25-42(61)52-22-27(62-23-26-20-44-29-9-3-2-8-28(26)29)18-33(52)41(60)49-32(38(43)57)24-64-63-17-12-34(53)47-30(10-4-6-13-50-15-16-51-14-7-5-11-36(50)51)39(58)45-21-35(54)48-31(19-37(55)56)40(59)46-25/h2-3,5,7-9,11,14-16,20,25,27,30-33,44H,4,6,10,12-13,17-19,21-24H2,1H3,(H7-,43,45,46,47,48,49,53,54,55,56,57,58,59,60)/p+1/t25-,27?,30?,31?,32?,33?/m0/s1. The van der Waals surface area contributed by atoms with Gasteiger partial charge in [0.2, 0.25) is 41.4 Å². The number of carboxylic acids is 1. The van der Waals surface area contributed by atoms with Gasteiger partial charge in [0.15, 0.2) is 0 Å². The number of H-pyrrole nitrogens is 1. The van der Waals surface area contributed by atoms with E-state index in [2.05, 4.69) is 36.1 Å². The number of para-hydroxylation sites is 1. The summed E-state index contributed by atoms with van der Waals surface area (Å²) >= 11 is 0. The molecule has 0 radical (unpaired) electrons. The molecule has 5 heterocycles. The number of benzene rings is 1. The lowest BCUT2D eigenvalue weighted by atomic mass is 10.1. The first kappa shape index (κ1) is 47.4. The van der Waals surface area contributed by atoms with Crippen LogP contribution in [0.25, 0.3) is 16.6 Å². The van der Waals surface area contributed by atoms with Crippen LogP contribution in [0.4, 0.5) is 0 Å². The lowest BCUT2D eigenvalue weighted by Crippen LogP contribution is -2.58. The average Bonchev–Trinajstić information content (AvgIpc) is 4.01. The van der Waals surface area contributed by atoms with Crippen LogP contribution < -0.4 is 36.9 Å². The van der Waals surface area contributed by atoms with Crippen molar-refractivity contribution in [3.05, 3.63) is 72.8 Å². The fourth-order valence-electron chi connectivity index (χ4n) is 7.59. The summed E-state index contributed by atoms with van der Waals surface area (Å²) in [6, 6.07) is 7.16. The van der Waals surface area contributed by atoms with E-state index in [1.54, 1.807) is 0 Å². The third kappa shape index (κ3) is 12.7. The second kappa shape index (κ2) is 22.5. The fraction of sp³-hybridized carbons (Fsp3) is 0.452. The number of carbonyl (C=O) groups is 8. The Bertz CT molecular complexity index is 2360. The first-order valence-corrected chi connectivity index (χ1v) is 23.4. The number of aromatic nitrogens is 3. The highest BCUT2D eigenvalue weighted by molar-refractivity contribution is 8.76. The Balaban J connectivity index is 1.15. The number of amides is 7. The Hall–Kier alpha value is -6.13. The molecule has 1 aromatic carbocycles. The van der Waals surface area contributed by atoms with Crippen molar-refractivity contribution in [2.24, 2.45) is 5.73 Å². The van der Waals surface area contributed by atoms with E-state index in [0.29, 0.717) is 19.4 Å². The molecule has 64 heavy (non-hydrogen) atoms. The molecule has 2 fully saturated rings. The van der Waals surface area contributed by atoms with Gasteiger partial charge in [0.25, 0.3) is 5.65 Å².